The molecule has 4 aromatic carbocycles. The molecule has 1 aliphatic carbocycles. The molecule has 0 amide bonds. The zero-order valence-corrected chi connectivity index (χ0v) is 39.9. The predicted molar refractivity (Wildman–Crippen MR) is 248 cm³/mol. The quantitative estimate of drug-likeness (QED) is 0.0154. The van der Waals surface area contributed by atoms with Gasteiger partial charge in [0.15, 0.2) is 24.6 Å². The van der Waals surface area contributed by atoms with Crippen LogP contribution >= 0.6 is 34.8 Å². The molecule has 2 aliphatic heterocycles. The molecule has 0 radical (unpaired) electrons. The maximum absolute atomic E-state index is 14.0. The summed E-state index contributed by atoms with van der Waals surface area (Å²) in [6.07, 6.45) is -16.2. The number of carbonyl (C=O) groups is 4. The summed E-state index contributed by atoms with van der Waals surface area (Å²) in [7, 11) is 1.07. The second-order valence-corrected chi connectivity index (χ2v) is 18.3. The second-order valence-electron chi connectivity index (χ2n) is 16.0. The summed E-state index contributed by atoms with van der Waals surface area (Å²) in [5.41, 5.74) is 15.0. The van der Waals surface area contributed by atoms with E-state index in [0.29, 0.717) is 11.1 Å². The number of esters is 3. The van der Waals surface area contributed by atoms with E-state index in [2.05, 4.69) is 10.0 Å². The molecule has 10 atom stereocenters. The molecule has 2 heterocycles. The van der Waals surface area contributed by atoms with E-state index in [4.69, 9.17) is 92.3 Å². The minimum absolute atomic E-state index is 0.161. The summed E-state index contributed by atoms with van der Waals surface area (Å²) in [5.74, 6) is -4.00. The van der Waals surface area contributed by atoms with Crippen molar-refractivity contribution in [1.29, 1.82) is 5.41 Å². The third-order valence-electron chi connectivity index (χ3n) is 11.4. The lowest BCUT2D eigenvalue weighted by molar-refractivity contribution is -0.346. The lowest BCUT2D eigenvalue weighted by atomic mass is 9.95. The Morgan fingerprint density at radius 2 is 1.24 bits per heavy atom. The van der Waals surface area contributed by atoms with Crippen LogP contribution in [-0.2, 0) is 79.7 Å². The summed E-state index contributed by atoms with van der Waals surface area (Å²) in [5, 5.41) is 12.2. The molecular weight excluding hydrogens is 979 g/mol. The van der Waals surface area contributed by atoms with Crippen molar-refractivity contribution in [2.75, 3.05) is 20.3 Å². The van der Waals surface area contributed by atoms with Crippen LogP contribution in [0.2, 0.25) is 0 Å². The van der Waals surface area contributed by atoms with Gasteiger partial charge in [-0.25, -0.2) is 9.59 Å². The van der Waals surface area contributed by atoms with Gasteiger partial charge in [0.1, 0.15) is 43.7 Å². The largest absolute Gasteiger partial charge is 0.508 e. The number of azide groups is 1. The SMILES string of the molecule is COC(=O)[C@H]1O[C@@H](O[C@H]2[C@H](OCc3ccccc3)[C@@H](N=[N+]=[N-])C(OC(=N)C(Cl)(Cl)Cl)O[C@@H]2COC(C)=O)[C@H](OC(C)=O)[C@@H](OCc2ccccc2)[C@@H]1OC(=O)OCC1c2ccccc2-c2ccccc21. The number of carbonyl (C=O) groups excluding carboxylic acids is 4. The fraction of sp³-hybridized carbons (Fsp3) is 0.396. The number of nitrogens with one attached hydrogen (secondary N) is 1. The van der Waals surface area contributed by atoms with Crippen LogP contribution in [0.3, 0.4) is 0 Å². The number of halogens is 3. The van der Waals surface area contributed by atoms with Gasteiger partial charge in [-0.1, -0.05) is 149 Å². The Morgan fingerprint density at radius 3 is 1.79 bits per heavy atom. The number of fused-ring (bicyclic) bond motifs is 3. The van der Waals surface area contributed by atoms with Gasteiger partial charge in [0, 0.05) is 24.7 Å². The molecule has 3 aliphatic rings. The molecule has 0 saturated carbocycles. The molecule has 2 saturated heterocycles. The molecule has 7 rings (SSSR count). The predicted octanol–water partition coefficient (Wildman–Crippen LogP) is 8.04. The van der Waals surface area contributed by atoms with E-state index >= 15 is 0 Å². The van der Waals surface area contributed by atoms with Crippen LogP contribution in [0.25, 0.3) is 21.6 Å². The zero-order chi connectivity index (χ0) is 50.0. The Hall–Kier alpha value is -5.99. The third kappa shape index (κ3) is 12.7. The van der Waals surface area contributed by atoms with Gasteiger partial charge < -0.3 is 52.1 Å². The maximum Gasteiger partial charge on any atom is 0.508 e. The molecule has 370 valence electrons. The van der Waals surface area contributed by atoms with E-state index in [1.54, 1.807) is 60.7 Å². The van der Waals surface area contributed by atoms with Crippen LogP contribution in [0.15, 0.2) is 114 Å². The third-order valence-corrected chi connectivity index (χ3v) is 11.9. The highest BCUT2D eigenvalue weighted by Gasteiger charge is 2.58. The van der Waals surface area contributed by atoms with Crippen molar-refractivity contribution in [3.8, 4) is 11.1 Å². The number of nitrogens with zero attached hydrogens (tertiary/aromatic N) is 3. The molecule has 2 fully saturated rings. The van der Waals surface area contributed by atoms with Crippen molar-refractivity contribution in [3.05, 3.63) is 142 Å². The monoisotopic (exact) mass is 1020 g/mol. The lowest BCUT2D eigenvalue weighted by Gasteiger charge is -2.48. The van der Waals surface area contributed by atoms with Gasteiger partial charge in [0.2, 0.25) is 12.2 Å². The minimum Gasteiger partial charge on any atom is -0.467 e. The fourth-order valence-corrected chi connectivity index (χ4v) is 8.46. The molecular formula is C48H47Cl3N4O15. The summed E-state index contributed by atoms with van der Waals surface area (Å²) in [4.78, 5) is 56.2. The molecule has 1 N–H and O–H groups in total. The highest BCUT2D eigenvalue weighted by Crippen LogP contribution is 2.45. The molecule has 0 spiro atoms. The van der Waals surface area contributed by atoms with Crippen LogP contribution in [0.1, 0.15) is 42.0 Å². The number of hydrogen-bond acceptors (Lipinski definition) is 17. The van der Waals surface area contributed by atoms with Crippen molar-refractivity contribution in [2.45, 2.75) is 98.1 Å². The van der Waals surface area contributed by atoms with Gasteiger partial charge in [-0.3, -0.25) is 15.0 Å². The average molecular weight is 1030 g/mol. The number of hydrogen-bond donors (Lipinski definition) is 1. The number of rotatable bonds is 17. The summed E-state index contributed by atoms with van der Waals surface area (Å²) in [6, 6.07) is 31.4. The van der Waals surface area contributed by atoms with E-state index < -0.39 is 102 Å². The van der Waals surface area contributed by atoms with Crippen molar-refractivity contribution in [1.82, 2.24) is 0 Å². The molecule has 4 aromatic rings. The van der Waals surface area contributed by atoms with Crippen molar-refractivity contribution >= 4 is 64.8 Å². The first kappa shape index (κ1) is 51.8. The van der Waals surface area contributed by atoms with Crippen molar-refractivity contribution in [3.63, 3.8) is 0 Å². The van der Waals surface area contributed by atoms with Gasteiger partial charge in [0.25, 0.3) is 3.79 Å². The first-order chi connectivity index (χ1) is 33.7. The molecule has 0 bridgehead atoms. The Kier molecular flexibility index (Phi) is 17.6. The highest BCUT2D eigenvalue weighted by molar-refractivity contribution is 6.76. The van der Waals surface area contributed by atoms with Crippen LogP contribution in [-0.4, -0.2) is 115 Å². The molecule has 70 heavy (non-hydrogen) atoms. The number of benzene rings is 4. The smallest absolute Gasteiger partial charge is 0.467 e. The van der Waals surface area contributed by atoms with Gasteiger partial charge in [-0.2, -0.15) is 0 Å². The zero-order valence-electron chi connectivity index (χ0n) is 37.7. The summed E-state index contributed by atoms with van der Waals surface area (Å²) >= 11 is 17.9. The first-order valence-electron chi connectivity index (χ1n) is 21.7. The number of alkyl halides is 3. The summed E-state index contributed by atoms with van der Waals surface area (Å²) < 4.78 is 63.4. The van der Waals surface area contributed by atoms with Gasteiger partial charge in [0.05, 0.1) is 20.3 Å². The van der Waals surface area contributed by atoms with Crippen LogP contribution in [0.4, 0.5) is 4.79 Å². The van der Waals surface area contributed by atoms with E-state index in [1.165, 1.54) is 0 Å². The molecule has 1 unspecified atom stereocenters. The number of ether oxygens (including phenoxy) is 11. The first-order valence-corrected chi connectivity index (χ1v) is 22.8. The maximum atomic E-state index is 14.0. The Balaban J connectivity index is 1.26. The van der Waals surface area contributed by atoms with Crippen LogP contribution in [0.5, 0.6) is 0 Å². The average Bonchev–Trinajstić information content (AvgIpc) is 3.66. The lowest BCUT2D eigenvalue weighted by Crippen LogP contribution is -2.67. The van der Waals surface area contributed by atoms with Gasteiger partial charge in [-0.05, 0) is 38.9 Å². The molecule has 0 aromatic heterocycles. The Bertz CT molecular complexity index is 2490. The number of methoxy groups -OCH3 is 1. The van der Waals surface area contributed by atoms with Gasteiger partial charge in [-0.15, -0.1) is 0 Å². The van der Waals surface area contributed by atoms with Crippen LogP contribution in [0, 0.1) is 5.41 Å². The normalized spacial score (nSPS) is 24.9. The van der Waals surface area contributed by atoms with Crippen LogP contribution < -0.4 is 0 Å². The molecule has 19 nitrogen and oxygen atoms in total. The van der Waals surface area contributed by atoms with E-state index in [-0.39, 0.29) is 25.7 Å². The Labute approximate surface area is 416 Å². The standard InChI is InChI=1S/C48H47Cl3N4O15/c1-26(56)61-25-35-37(38(62-22-28-14-6-4-7-15-28)36(54-55-53)44(66-35)70-46(52)48(49,50)51)67-45-42(65-27(2)57)39(63-23-29-16-8-5-9-17-29)40(41(68-45)43(58)60-3)69-47(59)64-24-34-32-20-12-10-18-30(32)31-19-11-13-21-33(31)34/h4-21,34-42,44-45,52H,22-25H2,1-3H3/t35-,36-,37-,38-,39+,40+,41+,42-,44?,45-/m1/s1. The Morgan fingerprint density at radius 1 is 0.671 bits per heavy atom. The second kappa shape index (κ2) is 23.7. The molecule has 22 heteroatoms. The highest BCUT2D eigenvalue weighted by atomic mass is 35.6. The fourth-order valence-electron chi connectivity index (χ4n) is 8.33. The van der Waals surface area contributed by atoms with E-state index in [9.17, 15) is 24.7 Å². The van der Waals surface area contributed by atoms with E-state index in [0.717, 1.165) is 43.2 Å². The van der Waals surface area contributed by atoms with Gasteiger partial charge >= 0.3 is 24.1 Å². The van der Waals surface area contributed by atoms with Crippen molar-refractivity contribution in [2.24, 2.45) is 5.11 Å². The minimum atomic E-state index is -2.41. The topological polar surface area (TPSA) is 242 Å². The van der Waals surface area contributed by atoms with E-state index in [1.807, 2.05) is 48.5 Å². The summed E-state index contributed by atoms with van der Waals surface area (Å²) in [6.45, 7) is 1.11. The van der Waals surface area contributed by atoms with Crippen molar-refractivity contribution < 1.29 is 71.3 Å².